The summed E-state index contributed by atoms with van der Waals surface area (Å²) in [5.41, 5.74) is 0.945. The number of nitrogens with one attached hydrogen (secondary N) is 1. The van der Waals surface area contributed by atoms with Gasteiger partial charge < -0.3 is 10.1 Å². The molecular formula is C23H39NO2. The van der Waals surface area contributed by atoms with E-state index in [1.807, 2.05) is 0 Å². The third-order valence-corrected chi connectivity index (χ3v) is 9.14. The minimum absolute atomic E-state index is 0.134. The van der Waals surface area contributed by atoms with Crippen molar-refractivity contribution in [3.05, 3.63) is 0 Å². The van der Waals surface area contributed by atoms with E-state index in [-0.39, 0.29) is 6.10 Å². The smallest absolute Gasteiger partial charge is 0.161 e. The summed E-state index contributed by atoms with van der Waals surface area (Å²) in [5.74, 6) is 3.52. The lowest BCUT2D eigenvalue weighted by molar-refractivity contribution is -0.169. The molecule has 0 saturated heterocycles. The summed E-state index contributed by atoms with van der Waals surface area (Å²) in [7, 11) is 0. The highest BCUT2D eigenvalue weighted by molar-refractivity contribution is 5.84. The van der Waals surface area contributed by atoms with Crippen LogP contribution in [0.5, 0.6) is 0 Å². The van der Waals surface area contributed by atoms with Gasteiger partial charge in [0.05, 0.1) is 6.61 Å². The number of rotatable bonds is 5. The molecule has 3 heteroatoms. The molecule has 0 amide bonds. The van der Waals surface area contributed by atoms with Gasteiger partial charge in [-0.25, -0.2) is 0 Å². The first-order valence-corrected chi connectivity index (χ1v) is 11.3. The molecule has 0 aliphatic heterocycles. The number of ketones is 1. The van der Waals surface area contributed by atoms with Crippen molar-refractivity contribution in [3.8, 4) is 0 Å². The zero-order chi connectivity index (χ0) is 18.4. The van der Waals surface area contributed by atoms with Crippen molar-refractivity contribution in [2.24, 2.45) is 34.5 Å². The second-order valence-corrected chi connectivity index (χ2v) is 10.3. The molecule has 4 saturated carbocycles. The van der Waals surface area contributed by atoms with Crippen molar-refractivity contribution in [2.75, 3.05) is 19.7 Å². The maximum absolute atomic E-state index is 12.7. The van der Waals surface area contributed by atoms with Gasteiger partial charge in [-0.1, -0.05) is 27.2 Å². The lowest BCUT2D eigenvalue weighted by Gasteiger charge is -2.60. The molecule has 0 heterocycles. The van der Waals surface area contributed by atoms with Gasteiger partial charge in [-0.15, -0.1) is 0 Å². The van der Waals surface area contributed by atoms with E-state index < -0.39 is 0 Å². The summed E-state index contributed by atoms with van der Waals surface area (Å²) >= 11 is 0. The Bertz CT molecular complexity index is 534. The summed E-state index contributed by atoms with van der Waals surface area (Å²) in [4.78, 5) is 12.7. The number of hydrogen-bond donors (Lipinski definition) is 1. The van der Waals surface area contributed by atoms with Crippen molar-refractivity contribution in [1.29, 1.82) is 0 Å². The molecular weight excluding hydrogens is 322 g/mol. The Morgan fingerprint density at radius 1 is 1.04 bits per heavy atom. The van der Waals surface area contributed by atoms with Crippen LogP contribution in [0.25, 0.3) is 0 Å². The fourth-order valence-corrected chi connectivity index (χ4v) is 7.75. The molecule has 0 radical (unpaired) electrons. The summed E-state index contributed by atoms with van der Waals surface area (Å²) in [6.07, 6.45) is 11.4. The second-order valence-electron chi connectivity index (χ2n) is 10.3. The molecule has 4 fully saturated rings. The SMILES string of the molecule is CCNCCOC1C(=O)CC[C@@]2(C)C1CC[C@@H]1[C@H]2CC[C@]2(C)CCC[C@@H]12. The third-order valence-electron chi connectivity index (χ3n) is 9.14. The predicted molar refractivity (Wildman–Crippen MR) is 105 cm³/mol. The number of hydrogen-bond acceptors (Lipinski definition) is 3. The fraction of sp³-hybridized carbons (Fsp3) is 0.957. The monoisotopic (exact) mass is 361 g/mol. The molecule has 0 bridgehead atoms. The highest BCUT2D eigenvalue weighted by Crippen LogP contribution is 2.66. The summed E-state index contributed by atoms with van der Waals surface area (Å²) in [6, 6.07) is 0. The maximum Gasteiger partial charge on any atom is 0.161 e. The first kappa shape index (κ1) is 18.9. The van der Waals surface area contributed by atoms with Crippen molar-refractivity contribution >= 4 is 5.78 Å². The van der Waals surface area contributed by atoms with Crippen molar-refractivity contribution < 1.29 is 9.53 Å². The molecule has 0 aromatic heterocycles. The Morgan fingerprint density at radius 3 is 2.69 bits per heavy atom. The molecule has 0 aromatic rings. The van der Waals surface area contributed by atoms with E-state index in [1.54, 1.807) is 0 Å². The van der Waals surface area contributed by atoms with Gasteiger partial charge >= 0.3 is 0 Å². The number of carbonyl (C=O) groups excluding carboxylic acids is 1. The molecule has 4 rings (SSSR count). The van der Waals surface area contributed by atoms with Gasteiger partial charge in [0, 0.05) is 13.0 Å². The van der Waals surface area contributed by atoms with Crippen LogP contribution >= 0.6 is 0 Å². The standard InChI is InChI=1S/C23H39NO2/c1-4-24-14-15-26-21-19-8-7-16-17-6-5-11-22(17,2)12-9-18(16)23(19,3)13-10-20(21)25/h16-19,21,24H,4-15H2,1-3H3/t16-,17-,18+,19?,21?,22-,23+/m0/s1. The third kappa shape index (κ3) is 2.98. The molecule has 0 aromatic carbocycles. The van der Waals surface area contributed by atoms with E-state index in [0.29, 0.717) is 29.1 Å². The van der Waals surface area contributed by atoms with E-state index in [9.17, 15) is 4.79 Å². The number of Topliss-reactive ketones (excluding diaryl/α,β-unsaturated/α-hetero) is 1. The average molecular weight is 362 g/mol. The molecule has 4 aliphatic carbocycles. The Labute approximate surface area is 160 Å². The number of likely N-dealkylation sites (N-methyl/N-ethyl adjacent to an activating group) is 1. The largest absolute Gasteiger partial charge is 0.369 e. The lowest BCUT2D eigenvalue weighted by Crippen LogP contribution is -2.57. The first-order valence-electron chi connectivity index (χ1n) is 11.3. The molecule has 1 N–H and O–H groups in total. The Balaban J connectivity index is 1.51. The molecule has 26 heavy (non-hydrogen) atoms. The highest BCUT2D eigenvalue weighted by Gasteiger charge is 2.60. The van der Waals surface area contributed by atoms with E-state index in [0.717, 1.165) is 43.7 Å². The number of carbonyl (C=O) groups is 1. The summed E-state index contributed by atoms with van der Waals surface area (Å²) in [6.45, 7) is 9.71. The Kier molecular flexibility index (Phi) is 5.24. The average Bonchev–Trinajstić information content (AvgIpc) is 3.02. The molecule has 0 spiro atoms. The topological polar surface area (TPSA) is 38.3 Å². The summed E-state index contributed by atoms with van der Waals surface area (Å²) in [5, 5.41) is 3.32. The van der Waals surface area contributed by atoms with Crippen molar-refractivity contribution in [2.45, 2.75) is 84.7 Å². The number of fused-ring (bicyclic) bond motifs is 5. The van der Waals surface area contributed by atoms with Gasteiger partial charge in [-0.2, -0.15) is 0 Å². The van der Waals surface area contributed by atoms with Crippen LogP contribution in [0.15, 0.2) is 0 Å². The van der Waals surface area contributed by atoms with E-state index in [1.165, 1.54) is 44.9 Å². The highest BCUT2D eigenvalue weighted by atomic mass is 16.5. The lowest BCUT2D eigenvalue weighted by atomic mass is 9.45. The molecule has 148 valence electrons. The van der Waals surface area contributed by atoms with E-state index in [4.69, 9.17) is 4.74 Å². The van der Waals surface area contributed by atoms with Gasteiger partial charge in [-0.05, 0) is 86.0 Å². The van der Waals surface area contributed by atoms with Crippen LogP contribution in [-0.4, -0.2) is 31.6 Å². The van der Waals surface area contributed by atoms with Gasteiger partial charge in [-0.3, -0.25) is 4.79 Å². The van der Waals surface area contributed by atoms with Crippen LogP contribution in [0.2, 0.25) is 0 Å². The van der Waals surface area contributed by atoms with Crippen molar-refractivity contribution in [3.63, 3.8) is 0 Å². The fourth-order valence-electron chi connectivity index (χ4n) is 7.75. The Morgan fingerprint density at radius 2 is 1.88 bits per heavy atom. The Hall–Kier alpha value is -0.410. The normalized spacial score (nSPS) is 48.0. The second kappa shape index (κ2) is 7.20. The van der Waals surface area contributed by atoms with Crippen LogP contribution < -0.4 is 5.32 Å². The van der Waals surface area contributed by atoms with E-state index >= 15 is 0 Å². The van der Waals surface area contributed by atoms with Gasteiger partial charge in [0.2, 0.25) is 0 Å². The molecule has 7 atom stereocenters. The van der Waals surface area contributed by atoms with Crippen LogP contribution in [0.1, 0.15) is 78.6 Å². The van der Waals surface area contributed by atoms with E-state index in [2.05, 4.69) is 26.1 Å². The quantitative estimate of drug-likeness (QED) is 0.728. The summed E-state index contributed by atoms with van der Waals surface area (Å²) < 4.78 is 6.21. The molecule has 3 nitrogen and oxygen atoms in total. The van der Waals surface area contributed by atoms with Gasteiger partial charge in [0.15, 0.2) is 5.78 Å². The van der Waals surface area contributed by atoms with Crippen LogP contribution in [0, 0.1) is 34.5 Å². The van der Waals surface area contributed by atoms with Gasteiger partial charge in [0.25, 0.3) is 0 Å². The van der Waals surface area contributed by atoms with Crippen LogP contribution in [-0.2, 0) is 9.53 Å². The van der Waals surface area contributed by atoms with Crippen molar-refractivity contribution in [1.82, 2.24) is 5.32 Å². The predicted octanol–water partition coefficient (Wildman–Crippen LogP) is 4.59. The zero-order valence-corrected chi connectivity index (χ0v) is 17.2. The van der Waals surface area contributed by atoms with Crippen LogP contribution in [0.3, 0.4) is 0 Å². The zero-order valence-electron chi connectivity index (χ0n) is 17.2. The number of ether oxygens (including phenoxy) is 1. The molecule has 2 unspecified atom stereocenters. The minimum Gasteiger partial charge on any atom is -0.369 e. The molecule has 4 aliphatic rings. The first-order chi connectivity index (χ1) is 12.5. The van der Waals surface area contributed by atoms with Gasteiger partial charge in [0.1, 0.15) is 6.10 Å². The minimum atomic E-state index is -0.134. The van der Waals surface area contributed by atoms with Crippen LogP contribution in [0.4, 0.5) is 0 Å². The maximum atomic E-state index is 12.7.